The van der Waals surface area contributed by atoms with Crippen molar-refractivity contribution in [2.75, 3.05) is 6.61 Å². The number of hydrogen-bond acceptors (Lipinski definition) is 4. The number of hydrogen-bond donors (Lipinski definition) is 0. The molecular weight excluding hydrogens is 231 g/mol. The number of alkyl halides is 3. The lowest BCUT2D eigenvalue weighted by Crippen LogP contribution is -2.06. The number of carbonyl (C=O) groups excluding carboxylic acids is 1. The summed E-state index contributed by atoms with van der Waals surface area (Å²) in [5, 5.41) is 0.739. The van der Waals surface area contributed by atoms with Crippen molar-refractivity contribution in [3.8, 4) is 5.75 Å². The van der Waals surface area contributed by atoms with Crippen LogP contribution < -0.4 is 4.74 Å². The van der Waals surface area contributed by atoms with Gasteiger partial charge in [0, 0.05) is 5.38 Å². The maximum Gasteiger partial charge on any atom is 0.422 e. The minimum atomic E-state index is -4.58. The van der Waals surface area contributed by atoms with E-state index in [-0.39, 0.29) is 12.4 Å². The highest BCUT2D eigenvalue weighted by Gasteiger charge is 2.39. The number of halogens is 3. The van der Waals surface area contributed by atoms with Gasteiger partial charge in [0.25, 0.3) is 0 Å². The molecule has 0 fully saturated rings. The highest BCUT2D eigenvalue weighted by molar-refractivity contribution is 7.14. The Hall–Kier alpha value is -1.33. The fourth-order valence-electron chi connectivity index (χ4n) is 0.979. The van der Waals surface area contributed by atoms with Crippen molar-refractivity contribution in [3.63, 3.8) is 0 Å². The standard InChI is InChI=1S/C8H6F3NO2S/c1-2-14-5-3-15-7(12-4-13)6(5)8(9,10)11/h3H,2H2,1H3. The molecule has 0 amide bonds. The molecule has 0 radical (unpaired) electrons. The van der Waals surface area contributed by atoms with Gasteiger partial charge in [-0.3, -0.25) is 0 Å². The van der Waals surface area contributed by atoms with Crippen LogP contribution in [0, 0.1) is 0 Å². The van der Waals surface area contributed by atoms with Crippen LogP contribution in [0.5, 0.6) is 5.75 Å². The number of aliphatic imine (C=N–C) groups is 1. The topological polar surface area (TPSA) is 38.7 Å². The quantitative estimate of drug-likeness (QED) is 0.598. The van der Waals surface area contributed by atoms with E-state index in [0.29, 0.717) is 11.3 Å². The molecule has 1 aromatic heterocycles. The van der Waals surface area contributed by atoms with Gasteiger partial charge in [0.15, 0.2) is 0 Å². The van der Waals surface area contributed by atoms with Crippen LogP contribution in [0.4, 0.5) is 18.2 Å². The van der Waals surface area contributed by atoms with Gasteiger partial charge in [-0.15, -0.1) is 11.3 Å². The van der Waals surface area contributed by atoms with Crippen molar-refractivity contribution in [3.05, 3.63) is 10.9 Å². The number of nitrogens with zero attached hydrogens (tertiary/aromatic N) is 1. The van der Waals surface area contributed by atoms with E-state index in [0.717, 1.165) is 6.08 Å². The van der Waals surface area contributed by atoms with Crippen molar-refractivity contribution in [1.29, 1.82) is 0 Å². The predicted molar refractivity (Wildman–Crippen MR) is 48.3 cm³/mol. The third-order valence-corrected chi connectivity index (χ3v) is 2.32. The molecule has 0 spiro atoms. The van der Waals surface area contributed by atoms with Gasteiger partial charge in [-0.05, 0) is 6.92 Å². The summed E-state index contributed by atoms with van der Waals surface area (Å²) >= 11 is 0.693. The summed E-state index contributed by atoms with van der Waals surface area (Å²) in [6.45, 7) is 1.69. The van der Waals surface area contributed by atoms with Crippen molar-refractivity contribution in [2.45, 2.75) is 13.1 Å². The van der Waals surface area contributed by atoms with E-state index in [4.69, 9.17) is 4.74 Å². The predicted octanol–water partition coefficient (Wildman–Crippen LogP) is 3.13. The van der Waals surface area contributed by atoms with E-state index in [9.17, 15) is 18.0 Å². The summed E-state index contributed by atoms with van der Waals surface area (Å²) in [6.07, 6.45) is -3.50. The molecule has 0 aromatic carbocycles. The average Bonchev–Trinajstić information content (AvgIpc) is 2.48. The van der Waals surface area contributed by atoms with Crippen LogP contribution in [-0.4, -0.2) is 12.7 Å². The summed E-state index contributed by atoms with van der Waals surface area (Å²) in [5.74, 6) is -0.302. The van der Waals surface area contributed by atoms with E-state index in [1.54, 1.807) is 6.92 Å². The Morgan fingerprint density at radius 3 is 2.73 bits per heavy atom. The van der Waals surface area contributed by atoms with Gasteiger partial charge in [-0.2, -0.15) is 18.2 Å². The van der Waals surface area contributed by atoms with E-state index in [1.807, 2.05) is 0 Å². The summed E-state index contributed by atoms with van der Waals surface area (Å²) in [4.78, 5) is 12.9. The molecule has 0 aliphatic carbocycles. The first-order valence-corrected chi connectivity index (χ1v) is 4.78. The average molecular weight is 237 g/mol. The van der Waals surface area contributed by atoms with Crippen LogP contribution in [-0.2, 0) is 11.0 Å². The molecule has 1 aromatic rings. The highest BCUT2D eigenvalue weighted by Crippen LogP contribution is 2.46. The monoisotopic (exact) mass is 237 g/mol. The van der Waals surface area contributed by atoms with E-state index in [2.05, 4.69) is 4.99 Å². The maximum atomic E-state index is 12.5. The van der Waals surface area contributed by atoms with Gasteiger partial charge >= 0.3 is 6.18 Å². The van der Waals surface area contributed by atoms with Crippen molar-refractivity contribution in [2.24, 2.45) is 4.99 Å². The Balaban J connectivity index is 3.26. The zero-order valence-electron chi connectivity index (χ0n) is 7.59. The molecule has 0 unspecified atom stereocenters. The molecule has 0 saturated heterocycles. The zero-order valence-corrected chi connectivity index (χ0v) is 8.41. The number of rotatable bonds is 3. The summed E-state index contributed by atoms with van der Waals surface area (Å²) in [6, 6.07) is 0. The Labute approximate surface area is 87.2 Å². The zero-order chi connectivity index (χ0) is 11.5. The Kier molecular flexibility index (Phi) is 3.49. The van der Waals surface area contributed by atoms with Gasteiger partial charge in [-0.1, -0.05) is 0 Å². The Bertz CT molecular complexity index is 393. The van der Waals surface area contributed by atoms with Gasteiger partial charge < -0.3 is 4.74 Å². The molecule has 0 N–H and O–H groups in total. The van der Waals surface area contributed by atoms with Crippen LogP contribution in [0.15, 0.2) is 10.4 Å². The molecule has 82 valence electrons. The first-order chi connectivity index (χ1) is 7.00. The van der Waals surface area contributed by atoms with Crippen LogP contribution >= 0.6 is 11.3 Å². The van der Waals surface area contributed by atoms with Gasteiger partial charge in [0.1, 0.15) is 16.3 Å². The third-order valence-electron chi connectivity index (χ3n) is 1.47. The molecule has 0 atom stereocenters. The lowest BCUT2D eigenvalue weighted by molar-refractivity contribution is -0.138. The largest absolute Gasteiger partial charge is 0.492 e. The summed E-state index contributed by atoms with van der Waals surface area (Å²) < 4.78 is 42.4. The molecule has 7 heteroatoms. The van der Waals surface area contributed by atoms with Crippen LogP contribution in [0.25, 0.3) is 0 Å². The van der Waals surface area contributed by atoms with Crippen LogP contribution in [0.1, 0.15) is 12.5 Å². The first kappa shape index (κ1) is 11.7. The summed E-state index contributed by atoms with van der Waals surface area (Å²) in [7, 11) is 0. The molecule has 0 saturated carbocycles. The third kappa shape index (κ3) is 2.57. The Morgan fingerprint density at radius 2 is 2.27 bits per heavy atom. The maximum absolute atomic E-state index is 12.5. The van der Waals surface area contributed by atoms with Gasteiger partial charge in [0.05, 0.1) is 6.61 Å². The van der Waals surface area contributed by atoms with E-state index in [1.165, 1.54) is 5.38 Å². The normalized spacial score (nSPS) is 10.9. The van der Waals surface area contributed by atoms with E-state index >= 15 is 0 Å². The van der Waals surface area contributed by atoms with Crippen LogP contribution in [0.3, 0.4) is 0 Å². The van der Waals surface area contributed by atoms with Crippen LogP contribution in [0.2, 0.25) is 0 Å². The highest BCUT2D eigenvalue weighted by atomic mass is 32.1. The number of thiophene rings is 1. The first-order valence-electron chi connectivity index (χ1n) is 3.90. The molecule has 0 aliphatic rings. The fourth-order valence-corrected chi connectivity index (χ4v) is 1.81. The van der Waals surface area contributed by atoms with Crippen molar-refractivity contribution < 1.29 is 22.7 Å². The Morgan fingerprint density at radius 1 is 1.60 bits per heavy atom. The molecule has 1 heterocycles. The minimum absolute atomic E-state index is 0.115. The second kappa shape index (κ2) is 4.46. The van der Waals surface area contributed by atoms with Crippen molar-refractivity contribution in [1.82, 2.24) is 0 Å². The number of ether oxygens (including phenoxy) is 1. The molecular formula is C8H6F3NO2S. The summed E-state index contributed by atoms with van der Waals surface area (Å²) in [5.41, 5.74) is -1.02. The molecule has 1 rings (SSSR count). The lowest BCUT2D eigenvalue weighted by atomic mass is 10.3. The van der Waals surface area contributed by atoms with E-state index < -0.39 is 16.7 Å². The molecule has 0 bridgehead atoms. The van der Waals surface area contributed by atoms with Gasteiger partial charge in [-0.25, -0.2) is 4.79 Å². The van der Waals surface area contributed by atoms with Crippen molar-refractivity contribution >= 4 is 22.4 Å². The lowest BCUT2D eigenvalue weighted by Gasteiger charge is -2.08. The second-order valence-corrected chi connectivity index (χ2v) is 3.27. The molecule has 3 nitrogen and oxygen atoms in total. The molecule has 15 heavy (non-hydrogen) atoms. The smallest absolute Gasteiger partial charge is 0.422 e. The minimum Gasteiger partial charge on any atom is -0.492 e. The number of isocyanates is 1. The van der Waals surface area contributed by atoms with Gasteiger partial charge in [0.2, 0.25) is 6.08 Å². The SMILES string of the molecule is CCOc1csc(N=C=O)c1C(F)(F)F. The molecule has 0 aliphatic heterocycles. The second-order valence-electron chi connectivity index (χ2n) is 2.41. The fraction of sp³-hybridized carbons (Fsp3) is 0.375.